The third kappa shape index (κ3) is 3.61. The molecule has 3 heterocycles. The quantitative estimate of drug-likeness (QED) is 0.653. The van der Waals surface area contributed by atoms with Gasteiger partial charge in [-0.3, -0.25) is 0 Å². The first-order valence-corrected chi connectivity index (χ1v) is 9.71. The Kier molecular flexibility index (Phi) is 5.06. The van der Waals surface area contributed by atoms with Crippen LogP contribution in [-0.2, 0) is 6.18 Å². The average molecular weight is 404 g/mol. The molecule has 4 rings (SSSR count). The van der Waals surface area contributed by atoms with E-state index in [-0.39, 0.29) is 17.2 Å². The first-order valence-electron chi connectivity index (χ1n) is 9.71. The highest BCUT2D eigenvalue weighted by Crippen LogP contribution is 2.35. The van der Waals surface area contributed by atoms with E-state index in [1.165, 1.54) is 0 Å². The van der Waals surface area contributed by atoms with E-state index in [0.717, 1.165) is 44.2 Å². The molecule has 1 unspecified atom stereocenters. The molecule has 3 aromatic rings. The summed E-state index contributed by atoms with van der Waals surface area (Å²) < 4.78 is 42.4. The minimum absolute atomic E-state index is 0.0959. The SMILES string of the molecule is CC(c1ccccc1)N(C)n1c(N2CCCCC2)nc2c(C(F)(F)F)ncnc21. The summed E-state index contributed by atoms with van der Waals surface area (Å²) in [5.41, 5.74) is -0.00214. The van der Waals surface area contributed by atoms with Gasteiger partial charge in [-0.25, -0.2) is 19.6 Å². The van der Waals surface area contributed by atoms with Gasteiger partial charge in [-0.05, 0) is 31.7 Å². The lowest BCUT2D eigenvalue weighted by Gasteiger charge is -2.34. The summed E-state index contributed by atoms with van der Waals surface area (Å²) in [6.45, 7) is 3.52. The molecule has 0 N–H and O–H groups in total. The Hall–Kier alpha value is -2.84. The molecule has 1 fully saturated rings. The standard InChI is InChI=1S/C20H23F3N6/c1-14(15-9-5-3-6-10-15)27(2)29-18-16(17(20(21,22)23)24-13-25-18)26-19(29)28-11-7-4-8-12-28/h3,5-6,9-10,13-14H,4,7-8,11-12H2,1-2H3. The van der Waals surface area contributed by atoms with Crippen LogP contribution >= 0.6 is 0 Å². The maximum Gasteiger partial charge on any atom is 0.435 e. The number of aromatic nitrogens is 4. The third-order valence-electron chi connectivity index (χ3n) is 5.47. The summed E-state index contributed by atoms with van der Waals surface area (Å²) in [5, 5.41) is 1.89. The number of halogens is 3. The molecule has 29 heavy (non-hydrogen) atoms. The molecule has 0 saturated carbocycles. The molecule has 1 saturated heterocycles. The van der Waals surface area contributed by atoms with Crippen LogP contribution in [0.4, 0.5) is 19.1 Å². The van der Waals surface area contributed by atoms with Crippen molar-refractivity contribution < 1.29 is 13.2 Å². The van der Waals surface area contributed by atoms with E-state index in [0.29, 0.717) is 5.95 Å². The zero-order valence-electron chi connectivity index (χ0n) is 16.4. The van der Waals surface area contributed by atoms with Crippen molar-refractivity contribution >= 4 is 17.1 Å². The van der Waals surface area contributed by atoms with Crippen LogP contribution in [0.15, 0.2) is 36.7 Å². The summed E-state index contributed by atoms with van der Waals surface area (Å²) in [6, 6.07) is 9.72. The van der Waals surface area contributed by atoms with Gasteiger partial charge >= 0.3 is 6.18 Å². The van der Waals surface area contributed by atoms with Crippen LogP contribution in [0.5, 0.6) is 0 Å². The number of piperidine rings is 1. The lowest BCUT2D eigenvalue weighted by atomic mass is 10.1. The fourth-order valence-electron chi connectivity index (χ4n) is 3.79. The minimum Gasteiger partial charge on any atom is -0.341 e. The van der Waals surface area contributed by atoms with Crippen LogP contribution in [0.1, 0.15) is 43.5 Å². The van der Waals surface area contributed by atoms with Gasteiger partial charge in [0.05, 0.1) is 6.04 Å². The van der Waals surface area contributed by atoms with Crippen molar-refractivity contribution in [2.24, 2.45) is 0 Å². The molecule has 0 amide bonds. The first-order chi connectivity index (χ1) is 13.9. The molecule has 6 nitrogen and oxygen atoms in total. The molecule has 1 aromatic carbocycles. The molecule has 0 radical (unpaired) electrons. The van der Waals surface area contributed by atoms with Crippen molar-refractivity contribution in [3.63, 3.8) is 0 Å². The molecule has 0 bridgehead atoms. The second-order valence-electron chi connectivity index (χ2n) is 7.32. The van der Waals surface area contributed by atoms with Crippen molar-refractivity contribution in [1.29, 1.82) is 0 Å². The van der Waals surface area contributed by atoms with Gasteiger partial charge in [-0.15, -0.1) is 0 Å². The van der Waals surface area contributed by atoms with Gasteiger partial charge in [-0.2, -0.15) is 13.2 Å². The van der Waals surface area contributed by atoms with E-state index in [4.69, 9.17) is 0 Å². The van der Waals surface area contributed by atoms with E-state index in [1.54, 1.807) is 4.68 Å². The van der Waals surface area contributed by atoms with E-state index in [9.17, 15) is 13.2 Å². The van der Waals surface area contributed by atoms with Crippen molar-refractivity contribution in [2.45, 2.75) is 38.4 Å². The second kappa shape index (κ2) is 7.53. The second-order valence-corrected chi connectivity index (χ2v) is 7.32. The smallest absolute Gasteiger partial charge is 0.341 e. The van der Waals surface area contributed by atoms with Gasteiger partial charge in [0.15, 0.2) is 11.3 Å². The van der Waals surface area contributed by atoms with E-state index >= 15 is 0 Å². The molecule has 154 valence electrons. The Balaban J connectivity index is 1.88. The van der Waals surface area contributed by atoms with Crippen LogP contribution in [0.2, 0.25) is 0 Å². The maximum atomic E-state index is 13.6. The first kappa shape index (κ1) is 19.5. The van der Waals surface area contributed by atoms with E-state index < -0.39 is 11.9 Å². The topological polar surface area (TPSA) is 50.1 Å². The number of nitrogens with zero attached hydrogens (tertiary/aromatic N) is 6. The minimum atomic E-state index is -4.59. The highest BCUT2D eigenvalue weighted by molar-refractivity contribution is 5.78. The van der Waals surface area contributed by atoms with Gasteiger partial charge < -0.3 is 9.91 Å². The molecule has 2 aromatic heterocycles. The Morgan fingerprint density at radius 2 is 1.72 bits per heavy atom. The van der Waals surface area contributed by atoms with Crippen LogP contribution in [0, 0.1) is 0 Å². The number of imidazole rings is 1. The lowest BCUT2D eigenvalue weighted by Crippen LogP contribution is -2.39. The number of fused-ring (bicyclic) bond motifs is 1. The Labute approximate surface area is 167 Å². The zero-order chi connectivity index (χ0) is 20.6. The monoisotopic (exact) mass is 404 g/mol. The van der Waals surface area contributed by atoms with Gasteiger partial charge in [0.2, 0.25) is 5.95 Å². The van der Waals surface area contributed by atoms with Gasteiger partial charge in [0.1, 0.15) is 11.8 Å². The van der Waals surface area contributed by atoms with Crippen LogP contribution in [0.25, 0.3) is 11.2 Å². The van der Waals surface area contributed by atoms with Crippen LogP contribution in [-0.4, -0.2) is 39.8 Å². The fraction of sp³-hybridized carbons (Fsp3) is 0.450. The maximum absolute atomic E-state index is 13.6. The lowest BCUT2D eigenvalue weighted by molar-refractivity contribution is -0.140. The summed E-state index contributed by atoms with van der Waals surface area (Å²) in [5.74, 6) is 0.482. The predicted molar refractivity (Wildman–Crippen MR) is 105 cm³/mol. The third-order valence-corrected chi connectivity index (χ3v) is 5.47. The Morgan fingerprint density at radius 3 is 2.38 bits per heavy atom. The van der Waals surface area contributed by atoms with E-state index in [2.05, 4.69) is 15.0 Å². The van der Waals surface area contributed by atoms with Gasteiger partial charge in [0, 0.05) is 20.1 Å². The normalized spacial score (nSPS) is 16.2. The van der Waals surface area contributed by atoms with Crippen molar-refractivity contribution in [3.8, 4) is 0 Å². The largest absolute Gasteiger partial charge is 0.435 e. The molecule has 9 heteroatoms. The number of alkyl halides is 3. The average Bonchev–Trinajstić information content (AvgIpc) is 3.12. The van der Waals surface area contributed by atoms with Crippen molar-refractivity contribution in [3.05, 3.63) is 47.9 Å². The molecule has 0 aliphatic carbocycles. The number of benzene rings is 1. The number of rotatable bonds is 4. The number of hydrogen-bond acceptors (Lipinski definition) is 5. The zero-order valence-corrected chi connectivity index (χ0v) is 16.4. The van der Waals surface area contributed by atoms with Gasteiger partial charge in [-0.1, -0.05) is 30.3 Å². The highest BCUT2D eigenvalue weighted by Gasteiger charge is 2.38. The fourth-order valence-corrected chi connectivity index (χ4v) is 3.79. The molecular formula is C20H23F3N6. The molecular weight excluding hydrogens is 381 g/mol. The Morgan fingerprint density at radius 1 is 1.03 bits per heavy atom. The molecule has 1 aliphatic rings. The highest BCUT2D eigenvalue weighted by atomic mass is 19.4. The van der Waals surface area contributed by atoms with E-state index in [1.807, 2.05) is 54.2 Å². The van der Waals surface area contributed by atoms with Crippen molar-refractivity contribution in [1.82, 2.24) is 19.6 Å². The van der Waals surface area contributed by atoms with Crippen LogP contribution in [0.3, 0.4) is 0 Å². The summed E-state index contributed by atoms with van der Waals surface area (Å²) in [4.78, 5) is 14.1. The predicted octanol–water partition coefficient (Wildman–Crippen LogP) is 4.16. The van der Waals surface area contributed by atoms with Gasteiger partial charge in [0.25, 0.3) is 0 Å². The van der Waals surface area contributed by atoms with Crippen LogP contribution < -0.4 is 9.91 Å². The molecule has 1 atom stereocenters. The summed E-state index contributed by atoms with van der Waals surface area (Å²) in [7, 11) is 1.85. The number of anilines is 1. The summed E-state index contributed by atoms with van der Waals surface area (Å²) >= 11 is 0. The summed E-state index contributed by atoms with van der Waals surface area (Å²) in [6.07, 6.45) is -0.550. The molecule has 0 spiro atoms. The van der Waals surface area contributed by atoms with Crippen molar-refractivity contribution in [2.75, 3.05) is 30.0 Å². The molecule has 1 aliphatic heterocycles. The number of hydrogen-bond donors (Lipinski definition) is 0. The Bertz CT molecular complexity index is 979.